The van der Waals surface area contributed by atoms with Crippen LogP contribution in [0, 0.1) is 0 Å². The Kier molecular flexibility index (Phi) is 10.5. The third kappa shape index (κ3) is 8.61. The monoisotopic (exact) mass is 568 g/mol. The number of nitrogens with one attached hydrogen (secondary N) is 3. The maximum absolute atomic E-state index is 14.2. The Morgan fingerprint density at radius 2 is 1.93 bits per heavy atom. The van der Waals surface area contributed by atoms with Crippen molar-refractivity contribution in [3.8, 4) is 0 Å². The number of hydrogen-bond acceptors (Lipinski definition) is 7. The molecule has 4 rings (SSSR count). The smallest absolute Gasteiger partial charge is 0.317 e. The molecule has 224 valence electrons. The summed E-state index contributed by atoms with van der Waals surface area (Å²) in [4.78, 5) is 49.8. The molecule has 2 aliphatic heterocycles. The number of H-pyrrole nitrogens is 1. The number of nitrogens with two attached hydrogens (primary N) is 1. The van der Waals surface area contributed by atoms with Gasteiger partial charge in [0.05, 0.1) is 30.3 Å². The highest BCUT2D eigenvalue weighted by atomic mass is 16.7. The zero-order valence-corrected chi connectivity index (χ0v) is 24.2. The van der Waals surface area contributed by atoms with Crippen molar-refractivity contribution >= 4 is 17.7 Å². The van der Waals surface area contributed by atoms with E-state index >= 15 is 0 Å². The Labute approximate surface area is 241 Å². The average Bonchev–Trinajstić information content (AvgIpc) is 3.61. The largest absolute Gasteiger partial charge is 0.354 e. The number of carbonyl (C=O) groups is 3. The number of unbranched alkanes of at least 4 members (excludes halogenated alkanes) is 1. The molecule has 11 heteroatoms. The predicted molar refractivity (Wildman–Crippen MR) is 154 cm³/mol. The number of nitrogens with zero attached hydrogens (tertiary/aromatic N) is 2. The Morgan fingerprint density at radius 1 is 1.17 bits per heavy atom. The lowest BCUT2D eigenvalue weighted by molar-refractivity contribution is -0.137. The van der Waals surface area contributed by atoms with Gasteiger partial charge >= 0.3 is 6.03 Å². The molecule has 11 nitrogen and oxygen atoms in total. The second-order valence-electron chi connectivity index (χ2n) is 11.7. The molecule has 3 heterocycles. The van der Waals surface area contributed by atoms with E-state index in [0.29, 0.717) is 44.8 Å². The standard InChI is InChI=1S/C30H44N6O5/c1-29(2)20-40-25(41-29)13-7-8-14-33-27(38)30(31,18-23-19-32-21-34-23)26(37)24(17-22-11-5-3-6-12-22)35-28(39)36-15-9-4-10-16-36/h3,5-6,11-12,19,21,24-25H,4,7-10,13-18,20,31H2,1-2H3,(H,32,34)(H,33,38)(H,35,39)/t24-,25?,30+/m0/s1. The number of aromatic amines is 1. The molecule has 3 atom stereocenters. The van der Waals surface area contributed by atoms with Crippen molar-refractivity contribution in [1.29, 1.82) is 0 Å². The summed E-state index contributed by atoms with van der Waals surface area (Å²) in [5, 5.41) is 5.78. The number of amides is 3. The van der Waals surface area contributed by atoms with Gasteiger partial charge in [-0.2, -0.15) is 0 Å². The Bertz CT molecular complexity index is 1140. The summed E-state index contributed by atoms with van der Waals surface area (Å²) >= 11 is 0. The number of hydrogen-bond donors (Lipinski definition) is 4. The van der Waals surface area contributed by atoms with Crippen molar-refractivity contribution in [2.45, 2.75) is 88.7 Å². The van der Waals surface area contributed by atoms with Crippen LogP contribution >= 0.6 is 0 Å². The lowest BCUT2D eigenvalue weighted by Crippen LogP contribution is -2.66. The molecular formula is C30H44N6O5. The van der Waals surface area contributed by atoms with E-state index < -0.39 is 23.3 Å². The number of likely N-dealkylation sites (tertiary alicyclic amines) is 1. The first-order chi connectivity index (χ1) is 19.7. The van der Waals surface area contributed by atoms with Gasteiger partial charge in [-0.15, -0.1) is 0 Å². The van der Waals surface area contributed by atoms with Gasteiger partial charge in [-0.05, 0) is 64.4 Å². The molecule has 0 spiro atoms. The normalized spacial score (nSPS) is 20.7. The van der Waals surface area contributed by atoms with Gasteiger partial charge in [-0.1, -0.05) is 30.3 Å². The van der Waals surface area contributed by atoms with Gasteiger partial charge in [0.25, 0.3) is 0 Å². The van der Waals surface area contributed by atoms with Crippen molar-refractivity contribution in [2.24, 2.45) is 5.73 Å². The van der Waals surface area contributed by atoms with E-state index in [0.717, 1.165) is 31.2 Å². The van der Waals surface area contributed by atoms with Gasteiger partial charge in [-0.3, -0.25) is 9.59 Å². The average molecular weight is 569 g/mol. The Morgan fingerprint density at radius 3 is 2.59 bits per heavy atom. The summed E-state index contributed by atoms with van der Waals surface area (Å²) < 4.78 is 11.5. The molecule has 0 saturated carbocycles. The van der Waals surface area contributed by atoms with E-state index in [1.165, 1.54) is 6.33 Å². The van der Waals surface area contributed by atoms with E-state index in [1.807, 2.05) is 44.2 Å². The van der Waals surface area contributed by atoms with Crippen LogP contribution in [0.5, 0.6) is 0 Å². The van der Waals surface area contributed by atoms with E-state index in [9.17, 15) is 14.4 Å². The summed E-state index contributed by atoms with van der Waals surface area (Å²) in [5.41, 5.74) is 5.82. The molecule has 2 fully saturated rings. The number of benzene rings is 1. The number of aromatic nitrogens is 2. The minimum absolute atomic E-state index is 0.106. The highest BCUT2D eigenvalue weighted by molar-refractivity contribution is 6.13. The van der Waals surface area contributed by atoms with Gasteiger partial charge in [-0.25, -0.2) is 9.78 Å². The molecule has 1 aromatic heterocycles. The summed E-state index contributed by atoms with van der Waals surface area (Å²) in [6, 6.07) is 8.09. The number of urea groups is 1. The van der Waals surface area contributed by atoms with Crippen molar-refractivity contribution in [1.82, 2.24) is 25.5 Å². The fourth-order valence-electron chi connectivity index (χ4n) is 5.32. The van der Waals surface area contributed by atoms with Gasteiger partial charge in [0.1, 0.15) is 0 Å². The summed E-state index contributed by atoms with van der Waals surface area (Å²) in [6.07, 6.45) is 8.01. The first-order valence-electron chi connectivity index (χ1n) is 14.6. The molecule has 5 N–H and O–H groups in total. The van der Waals surface area contributed by atoms with Crippen LogP contribution in [-0.4, -0.2) is 82.3 Å². The van der Waals surface area contributed by atoms with Crippen molar-refractivity contribution in [3.63, 3.8) is 0 Å². The first kappa shape index (κ1) is 30.7. The zero-order valence-electron chi connectivity index (χ0n) is 24.2. The maximum Gasteiger partial charge on any atom is 0.317 e. The number of ether oxygens (including phenoxy) is 2. The van der Waals surface area contributed by atoms with Gasteiger partial charge in [0, 0.05) is 32.3 Å². The third-order valence-corrected chi connectivity index (χ3v) is 7.62. The summed E-state index contributed by atoms with van der Waals surface area (Å²) in [7, 11) is 0. The fourth-order valence-corrected chi connectivity index (χ4v) is 5.32. The van der Waals surface area contributed by atoms with Crippen LogP contribution in [0.4, 0.5) is 4.79 Å². The quantitative estimate of drug-likeness (QED) is 0.214. The summed E-state index contributed by atoms with van der Waals surface area (Å²) in [5.74, 6) is -1.15. The molecule has 0 bridgehead atoms. The lowest BCUT2D eigenvalue weighted by atomic mass is 9.83. The molecule has 41 heavy (non-hydrogen) atoms. The number of ketones is 1. The maximum atomic E-state index is 14.2. The molecule has 1 aromatic carbocycles. The molecule has 2 saturated heterocycles. The van der Waals surface area contributed by atoms with E-state index in [2.05, 4.69) is 20.6 Å². The van der Waals surface area contributed by atoms with Crippen LogP contribution in [0.1, 0.15) is 63.6 Å². The number of Topliss-reactive ketones (excluding diaryl/α,β-unsaturated/α-hetero) is 1. The molecule has 3 amide bonds. The third-order valence-electron chi connectivity index (χ3n) is 7.62. The molecule has 1 unspecified atom stereocenters. The number of imidazole rings is 1. The highest BCUT2D eigenvalue weighted by Gasteiger charge is 2.46. The number of carbonyl (C=O) groups excluding carboxylic acids is 3. The minimum atomic E-state index is -1.94. The second kappa shape index (κ2) is 14.1. The fraction of sp³-hybridized carbons (Fsp3) is 0.600. The molecule has 0 aliphatic carbocycles. The van der Waals surface area contributed by atoms with E-state index in [1.54, 1.807) is 11.1 Å². The van der Waals surface area contributed by atoms with Crippen LogP contribution in [0.15, 0.2) is 42.9 Å². The van der Waals surface area contributed by atoms with Crippen LogP contribution in [0.3, 0.4) is 0 Å². The Balaban J connectivity index is 1.45. The Hall–Kier alpha value is -3.28. The van der Waals surface area contributed by atoms with Crippen LogP contribution in [0.25, 0.3) is 0 Å². The highest BCUT2D eigenvalue weighted by Crippen LogP contribution is 2.25. The molecule has 2 aromatic rings. The topological polar surface area (TPSA) is 152 Å². The van der Waals surface area contributed by atoms with Gasteiger partial charge < -0.3 is 35.7 Å². The second-order valence-corrected chi connectivity index (χ2v) is 11.7. The van der Waals surface area contributed by atoms with Gasteiger partial charge in [0.15, 0.2) is 17.6 Å². The van der Waals surface area contributed by atoms with Crippen molar-refractivity contribution in [2.75, 3.05) is 26.2 Å². The van der Waals surface area contributed by atoms with Gasteiger partial charge in [0.2, 0.25) is 5.91 Å². The van der Waals surface area contributed by atoms with Crippen LogP contribution < -0.4 is 16.4 Å². The SMILES string of the molecule is CC1(C)COC(CCCCNC(=O)[C@@](N)(Cc2c[nH]cn2)C(=O)[C@H](Cc2ccccc2)NC(=O)N2CCCCC2)O1. The molecule has 0 radical (unpaired) electrons. The zero-order chi connectivity index (χ0) is 29.3. The molecular weight excluding hydrogens is 524 g/mol. The first-order valence-corrected chi connectivity index (χ1v) is 14.6. The van der Waals surface area contributed by atoms with E-state index in [4.69, 9.17) is 15.2 Å². The summed E-state index contributed by atoms with van der Waals surface area (Å²) in [6.45, 7) is 6.14. The van der Waals surface area contributed by atoms with E-state index in [-0.39, 0.29) is 30.8 Å². The van der Waals surface area contributed by atoms with Crippen molar-refractivity contribution < 1.29 is 23.9 Å². The molecule has 2 aliphatic rings. The van der Waals surface area contributed by atoms with Crippen molar-refractivity contribution in [3.05, 3.63) is 54.1 Å². The minimum Gasteiger partial charge on any atom is -0.354 e. The van der Waals surface area contributed by atoms with Crippen LogP contribution in [0.2, 0.25) is 0 Å². The predicted octanol–water partition coefficient (Wildman–Crippen LogP) is 2.46. The number of piperidine rings is 1. The number of rotatable bonds is 13. The lowest BCUT2D eigenvalue weighted by Gasteiger charge is -2.33. The van der Waals surface area contributed by atoms with Crippen LogP contribution in [-0.2, 0) is 31.9 Å².